The van der Waals surface area contributed by atoms with E-state index < -0.39 is 0 Å². The van der Waals surface area contributed by atoms with E-state index in [1.165, 1.54) is 11.5 Å². The number of aromatic nitrogens is 2. The fourth-order valence-electron chi connectivity index (χ4n) is 1.21. The summed E-state index contributed by atoms with van der Waals surface area (Å²) < 4.78 is 4.02. The second kappa shape index (κ2) is 5.65. The van der Waals surface area contributed by atoms with Crippen molar-refractivity contribution in [3.63, 3.8) is 0 Å². The van der Waals surface area contributed by atoms with Gasteiger partial charge in [-0.15, -0.1) is 0 Å². The molecule has 0 saturated heterocycles. The molecule has 0 fully saturated rings. The molecular weight excluding hydrogens is 212 g/mol. The first kappa shape index (κ1) is 11.9. The van der Waals surface area contributed by atoms with E-state index in [-0.39, 0.29) is 12.5 Å². The molecule has 0 spiro atoms. The van der Waals surface area contributed by atoms with Crippen LogP contribution in [-0.4, -0.2) is 39.8 Å². The average Bonchev–Trinajstić information content (AvgIpc) is 2.63. The molecule has 1 rings (SSSR count). The molecule has 1 aromatic heterocycles. The van der Waals surface area contributed by atoms with E-state index in [1.54, 1.807) is 4.90 Å². The van der Waals surface area contributed by atoms with Crippen molar-refractivity contribution in [3.8, 4) is 0 Å². The highest BCUT2D eigenvalue weighted by Gasteiger charge is 2.09. The number of aryl methyl sites for hydroxylation is 1. The van der Waals surface area contributed by atoms with Gasteiger partial charge in [-0.25, -0.2) is 4.98 Å². The van der Waals surface area contributed by atoms with Crippen LogP contribution in [0.2, 0.25) is 0 Å². The molecule has 0 aromatic carbocycles. The second-order valence-electron chi connectivity index (χ2n) is 3.07. The normalized spacial score (nSPS) is 10.1. The van der Waals surface area contributed by atoms with E-state index in [0.717, 1.165) is 18.9 Å². The first-order valence-corrected chi connectivity index (χ1v) is 5.76. The number of likely N-dealkylation sites (N-methyl/N-ethyl adjacent to an activating group) is 1. The zero-order valence-electron chi connectivity index (χ0n) is 9.28. The SMILES string of the molecule is CCN(CC)C(=O)CNc1nc(C)ns1. The molecule has 0 bridgehead atoms. The van der Waals surface area contributed by atoms with E-state index in [9.17, 15) is 4.79 Å². The summed E-state index contributed by atoms with van der Waals surface area (Å²) in [5.74, 6) is 0.825. The zero-order valence-corrected chi connectivity index (χ0v) is 10.1. The molecule has 0 saturated carbocycles. The van der Waals surface area contributed by atoms with Gasteiger partial charge in [0.25, 0.3) is 0 Å². The first-order valence-electron chi connectivity index (χ1n) is 4.99. The zero-order chi connectivity index (χ0) is 11.3. The predicted molar refractivity (Wildman–Crippen MR) is 61.1 cm³/mol. The Bertz CT molecular complexity index is 322. The first-order chi connectivity index (χ1) is 7.17. The topological polar surface area (TPSA) is 58.1 Å². The quantitative estimate of drug-likeness (QED) is 0.820. The summed E-state index contributed by atoms with van der Waals surface area (Å²) in [5, 5.41) is 3.67. The Balaban J connectivity index is 2.40. The van der Waals surface area contributed by atoms with Crippen molar-refractivity contribution >= 4 is 22.6 Å². The lowest BCUT2D eigenvalue weighted by molar-refractivity contribution is -0.128. The fraction of sp³-hybridized carbons (Fsp3) is 0.667. The number of carbonyl (C=O) groups excluding carboxylic acids is 1. The molecule has 0 aliphatic carbocycles. The van der Waals surface area contributed by atoms with Crippen LogP contribution in [0.4, 0.5) is 5.13 Å². The molecule has 84 valence electrons. The van der Waals surface area contributed by atoms with Crippen LogP contribution in [0.5, 0.6) is 0 Å². The lowest BCUT2D eigenvalue weighted by Crippen LogP contribution is -2.35. The van der Waals surface area contributed by atoms with Crippen LogP contribution in [-0.2, 0) is 4.79 Å². The smallest absolute Gasteiger partial charge is 0.241 e. The van der Waals surface area contributed by atoms with E-state index in [2.05, 4.69) is 14.7 Å². The maximum Gasteiger partial charge on any atom is 0.241 e. The number of anilines is 1. The highest BCUT2D eigenvalue weighted by Crippen LogP contribution is 2.09. The Hall–Kier alpha value is -1.17. The van der Waals surface area contributed by atoms with Crippen molar-refractivity contribution in [2.75, 3.05) is 25.0 Å². The standard InChI is InChI=1S/C9H16N4OS/c1-4-13(5-2)8(14)6-10-9-11-7(3)12-15-9/h4-6H2,1-3H3,(H,10,11,12). The lowest BCUT2D eigenvalue weighted by atomic mass is 10.4. The average molecular weight is 228 g/mol. The van der Waals surface area contributed by atoms with Crippen LogP contribution >= 0.6 is 11.5 Å². The van der Waals surface area contributed by atoms with Crippen LogP contribution < -0.4 is 5.32 Å². The van der Waals surface area contributed by atoms with Gasteiger partial charge in [-0.05, 0) is 20.8 Å². The Morgan fingerprint density at radius 3 is 2.60 bits per heavy atom. The molecule has 0 atom stereocenters. The number of hydrogen-bond acceptors (Lipinski definition) is 5. The van der Waals surface area contributed by atoms with Gasteiger partial charge in [-0.1, -0.05) is 0 Å². The summed E-state index contributed by atoms with van der Waals surface area (Å²) in [6.07, 6.45) is 0. The molecule has 1 heterocycles. The van der Waals surface area contributed by atoms with Crippen molar-refractivity contribution in [2.45, 2.75) is 20.8 Å². The number of amides is 1. The minimum Gasteiger partial charge on any atom is -0.351 e. The van der Waals surface area contributed by atoms with Crippen LogP contribution in [0.15, 0.2) is 0 Å². The Kier molecular flexibility index (Phi) is 4.48. The summed E-state index contributed by atoms with van der Waals surface area (Å²) >= 11 is 1.28. The molecule has 0 radical (unpaired) electrons. The Morgan fingerprint density at radius 1 is 1.47 bits per heavy atom. The summed E-state index contributed by atoms with van der Waals surface area (Å²) in [5.41, 5.74) is 0. The summed E-state index contributed by atoms with van der Waals surface area (Å²) in [7, 11) is 0. The van der Waals surface area contributed by atoms with Crippen molar-refractivity contribution in [2.24, 2.45) is 0 Å². The van der Waals surface area contributed by atoms with Crippen LogP contribution in [0.25, 0.3) is 0 Å². The van der Waals surface area contributed by atoms with Gasteiger partial charge in [0.15, 0.2) is 0 Å². The van der Waals surface area contributed by atoms with Crippen molar-refractivity contribution in [3.05, 3.63) is 5.82 Å². The minimum absolute atomic E-state index is 0.0906. The molecule has 0 aliphatic heterocycles. The highest BCUT2D eigenvalue weighted by molar-refractivity contribution is 7.09. The van der Waals surface area contributed by atoms with Gasteiger partial charge in [0.2, 0.25) is 11.0 Å². The van der Waals surface area contributed by atoms with Gasteiger partial charge >= 0.3 is 0 Å². The van der Waals surface area contributed by atoms with Gasteiger partial charge in [0, 0.05) is 24.6 Å². The van der Waals surface area contributed by atoms with Crippen molar-refractivity contribution in [1.29, 1.82) is 0 Å². The highest BCUT2D eigenvalue weighted by atomic mass is 32.1. The van der Waals surface area contributed by atoms with Gasteiger partial charge < -0.3 is 10.2 Å². The van der Waals surface area contributed by atoms with Gasteiger partial charge in [0.1, 0.15) is 5.82 Å². The monoisotopic (exact) mass is 228 g/mol. The lowest BCUT2D eigenvalue weighted by Gasteiger charge is -2.18. The second-order valence-corrected chi connectivity index (χ2v) is 3.82. The maximum atomic E-state index is 11.6. The Labute approximate surface area is 93.7 Å². The number of nitrogens with zero attached hydrogens (tertiary/aromatic N) is 3. The van der Waals surface area contributed by atoms with Gasteiger partial charge in [-0.2, -0.15) is 4.37 Å². The number of carbonyl (C=O) groups is 1. The van der Waals surface area contributed by atoms with Crippen molar-refractivity contribution < 1.29 is 4.79 Å². The number of hydrogen-bond donors (Lipinski definition) is 1. The number of nitrogens with one attached hydrogen (secondary N) is 1. The van der Waals surface area contributed by atoms with Gasteiger partial charge in [-0.3, -0.25) is 4.79 Å². The van der Waals surface area contributed by atoms with E-state index in [4.69, 9.17) is 0 Å². The van der Waals surface area contributed by atoms with E-state index in [0.29, 0.717) is 5.13 Å². The summed E-state index contributed by atoms with van der Waals surface area (Å²) in [6.45, 7) is 7.54. The largest absolute Gasteiger partial charge is 0.351 e. The van der Waals surface area contributed by atoms with Crippen LogP contribution in [0.3, 0.4) is 0 Å². The van der Waals surface area contributed by atoms with Crippen molar-refractivity contribution in [1.82, 2.24) is 14.3 Å². The molecule has 0 unspecified atom stereocenters. The van der Waals surface area contributed by atoms with E-state index >= 15 is 0 Å². The Morgan fingerprint density at radius 2 is 2.13 bits per heavy atom. The predicted octanol–water partition coefficient (Wildman–Crippen LogP) is 1.13. The third-order valence-electron chi connectivity index (χ3n) is 2.03. The van der Waals surface area contributed by atoms with E-state index in [1.807, 2.05) is 20.8 Å². The molecule has 1 aromatic rings. The van der Waals surface area contributed by atoms with Crippen LogP contribution in [0.1, 0.15) is 19.7 Å². The fourth-order valence-corrected chi connectivity index (χ4v) is 1.78. The molecule has 6 heteroatoms. The molecule has 1 N–H and O–H groups in total. The number of rotatable bonds is 5. The third-order valence-corrected chi connectivity index (χ3v) is 2.80. The molecular formula is C9H16N4OS. The molecule has 0 aliphatic rings. The van der Waals surface area contributed by atoms with Crippen LogP contribution in [0, 0.1) is 6.92 Å². The third kappa shape index (κ3) is 3.47. The maximum absolute atomic E-state index is 11.6. The summed E-state index contributed by atoms with van der Waals surface area (Å²) in [6, 6.07) is 0. The molecule has 15 heavy (non-hydrogen) atoms. The molecule has 5 nitrogen and oxygen atoms in total. The van der Waals surface area contributed by atoms with Gasteiger partial charge in [0.05, 0.1) is 6.54 Å². The summed E-state index contributed by atoms with van der Waals surface area (Å²) in [4.78, 5) is 17.5. The molecule has 1 amide bonds. The minimum atomic E-state index is 0.0906.